The van der Waals surface area contributed by atoms with Crippen molar-refractivity contribution in [3.05, 3.63) is 0 Å². The second-order valence-corrected chi connectivity index (χ2v) is 5.62. The molecular weight excluding hydrogens is 196 g/mol. The quantitative estimate of drug-likeness (QED) is 0.727. The molecule has 0 aliphatic carbocycles. The Balaban J connectivity index is 1.75. The Labute approximate surface area is 101 Å². The molecule has 2 aliphatic rings. The number of hydrogen-bond donors (Lipinski definition) is 0. The first-order valence-corrected chi connectivity index (χ1v) is 7.29. The van der Waals surface area contributed by atoms with Gasteiger partial charge in [-0.3, -0.25) is 0 Å². The smallest absolute Gasteiger partial charge is 0.0120 e. The zero-order valence-corrected chi connectivity index (χ0v) is 11.1. The van der Waals surface area contributed by atoms with Crippen molar-refractivity contribution in [2.24, 2.45) is 0 Å². The van der Waals surface area contributed by atoms with E-state index in [2.05, 4.69) is 23.6 Å². The zero-order valence-electron chi connectivity index (χ0n) is 11.1. The highest BCUT2D eigenvalue weighted by atomic mass is 15.2. The Morgan fingerprint density at radius 1 is 1.00 bits per heavy atom. The van der Waals surface area contributed by atoms with Crippen LogP contribution in [-0.4, -0.2) is 48.1 Å². The highest BCUT2D eigenvalue weighted by molar-refractivity contribution is 4.83. The van der Waals surface area contributed by atoms with Gasteiger partial charge in [0.25, 0.3) is 0 Å². The van der Waals surface area contributed by atoms with Gasteiger partial charge in [0.1, 0.15) is 0 Å². The molecule has 2 heterocycles. The lowest BCUT2D eigenvalue weighted by molar-refractivity contribution is 0.0751. The van der Waals surface area contributed by atoms with Crippen LogP contribution in [0.15, 0.2) is 0 Å². The second-order valence-electron chi connectivity index (χ2n) is 5.62. The molecule has 16 heavy (non-hydrogen) atoms. The van der Waals surface area contributed by atoms with Gasteiger partial charge >= 0.3 is 0 Å². The summed E-state index contributed by atoms with van der Waals surface area (Å²) in [5, 5.41) is 0. The van der Waals surface area contributed by atoms with E-state index in [9.17, 15) is 0 Å². The average Bonchev–Trinajstić information content (AvgIpc) is 2.39. The monoisotopic (exact) mass is 224 g/mol. The second kappa shape index (κ2) is 6.02. The molecule has 0 aromatic rings. The fourth-order valence-corrected chi connectivity index (χ4v) is 3.23. The molecule has 2 rings (SSSR count). The Hall–Kier alpha value is -0.0800. The van der Waals surface area contributed by atoms with Crippen LogP contribution in [0.1, 0.15) is 52.4 Å². The van der Waals surface area contributed by atoms with Crippen molar-refractivity contribution in [1.29, 1.82) is 0 Å². The molecule has 2 heteroatoms. The maximum absolute atomic E-state index is 2.76. The summed E-state index contributed by atoms with van der Waals surface area (Å²) in [6, 6.07) is 1.70. The van der Waals surface area contributed by atoms with Gasteiger partial charge in [-0.1, -0.05) is 13.3 Å². The minimum atomic E-state index is 0.794. The summed E-state index contributed by atoms with van der Waals surface area (Å²) in [4.78, 5) is 5.44. The molecule has 0 saturated carbocycles. The first-order valence-electron chi connectivity index (χ1n) is 7.29. The Morgan fingerprint density at radius 3 is 2.19 bits per heavy atom. The van der Waals surface area contributed by atoms with Gasteiger partial charge in [0.2, 0.25) is 0 Å². The predicted molar refractivity (Wildman–Crippen MR) is 69.8 cm³/mol. The number of hydrogen-bond acceptors (Lipinski definition) is 2. The third-order valence-corrected chi connectivity index (χ3v) is 4.62. The van der Waals surface area contributed by atoms with Crippen molar-refractivity contribution >= 4 is 0 Å². The summed E-state index contributed by atoms with van der Waals surface area (Å²) in [5.74, 6) is 0. The predicted octanol–water partition coefficient (Wildman–Crippen LogP) is 2.74. The fraction of sp³-hybridized carbons (Fsp3) is 1.00. The van der Waals surface area contributed by atoms with E-state index in [4.69, 9.17) is 0 Å². The van der Waals surface area contributed by atoms with E-state index in [1.54, 1.807) is 0 Å². The van der Waals surface area contributed by atoms with Gasteiger partial charge in [0.05, 0.1) is 0 Å². The molecule has 0 N–H and O–H groups in total. The van der Waals surface area contributed by atoms with E-state index >= 15 is 0 Å². The Kier molecular flexibility index (Phi) is 4.66. The molecule has 0 aromatic heterocycles. The highest BCUT2D eigenvalue weighted by Crippen LogP contribution is 2.22. The average molecular weight is 224 g/mol. The van der Waals surface area contributed by atoms with Crippen LogP contribution in [0.25, 0.3) is 0 Å². The van der Waals surface area contributed by atoms with Gasteiger partial charge in [-0.25, -0.2) is 0 Å². The molecule has 2 nitrogen and oxygen atoms in total. The first kappa shape index (κ1) is 12.4. The zero-order chi connectivity index (χ0) is 11.4. The summed E-state index contributed by atoms with van der Waals surface area (Å²) in [6.07, 6.45) is 8.45. The van der Waals surface area contributed by atoms with Gasteiger partial charge in [-0.15, -0.1) is 0 Å². The Morgan fingerprint density at radius 2 is 1.62 bits per heavy atom. The normalized spacial score (nSPS) is 28.1. The molecule has 0 unspecified atom stereocenters. The molecule has 0 radical (unpaired) electrons. The molecule has 94 valence electrons. The minimum Gasteiger partial charge on any atom is -0.301 e. The third-order valence-electron chi connectivity index (χ3n) is 4.62. The lowest BCUT2D eigenvalue weighted by Gasteiger charge is -2.41. The number of nitrogens with zero attached hydrogens (tertiary/aromatic N) is 2. The molecule has 1 atom stereocenters. The van der Waals surface area contributed by atoms with E-state index in [1.807, 2.05) is 0 Å². The molecule has 0 spiro atoms. The van der Waals surface area contributed by atoms with Crippen LogP contribution in [0.5, 0.6) is 0 Å². The minimum absolute atomic E-state index is 0.794. The molecule has 0 bridgehead atoms. The van der Waals surface area contributed by atoms with Crippen LogP contribution in [0.3, 0.4) is 0 Å². The van der Waals surface area contributed by atoms with Crippen LogP contribution in [0.2, 0.25) is 0 Å². The summed E-state index contributed by atoms with van der Waals surface area (Å²) in [7, 11) is 0. The van der Waals surface area contributed by atoms with Gasteiger partial charge in [-0.2, -0.15) is 0 Å². The number of piperidine rings is 2. The first-order chi connectivity index (χ1) is 7.81. The standard InChI is InChI=1S/C14H28N2/c1-3-13(2)15-11-7-14(8-12-15)16-9-5-4-6-10-16/h13-14H,3-12H2,1-2H3/t13-/m0/s1. The van der Waals surface area contributed by atoms with Crippen molar-refractivity contribution in [2.75, 3.05) is 26.2 Å². The SMILES string of the molecule is CC[C@H](C)N1CCC(N2CCCCC2)CC1. The van der Waals surface area contributed by atoms with Crippen molar-refractivity contribution in [3.8, 4) is 0 Å². The molecule has 2 saturated heterocycles. The maximum Gasteiger partial charge on any atom is 0.0120 e. The summed E-state index contributed by atoms with van der Waals surface area (Å²) >= 11 is 0. The summed E-state index contributed by atoms with van der Waals surface area (Å²) in [6.45, 7) is 10.1. The number of likely N-dealkylation sites (tertiary alicyclic amines) is 2. The van der Waals surface area contributed by atoms with Crippen LogP contribution in [-0.2, 0) is 0 Å². The van der Waals surface area contributed by atoms with Gasteiger partial charge in [-0.05, 0) is 65.2 Å². The van der Waals surface area contributed by atoms with Crippen molar-refractivity contribution in [2.45, 2.75) is 64.5 Å². The van der Waals surface area contributed by atoms with E-state index in [0.717, 1.165) is 12.1 Å². The molecule has 2 fully saturated rings. The van der Waals surface area contributed by atoms with Gasteiger partial charge in [0, 0.05) is 12.1 Å². The van der Waals surface area contributed by atoms with E-state index in [-0.39, 0.29) is 0 Å². The fourth-order valence-electron chi connectivity index (χ4n) is 3.23. The van der Waals surface area contributed by atoms with Crippen LogP contribution in [0.4, 0.5) is 0 Å². The van der Waals surface area contributed by atoms with Crippen molar-refractivity contribution in [1.82, 2.24) is 9.80 Å². The largest absolute Gasteiger partial charge is 0.301 e. The highest BCUT2D eigenvalue weighted by Gasteiger charge is 2.26. The van der Waals surface area contributed by atoms with E-state index in [1.165, 1.54) is 64.7 Å². The lowest BCUT2D eigenvalue weighted by Crippen LogP contribution is -2.48. The van der Waals surface area contributed by atoms with Crippen LogP contribution < -0.4 is 0 Å². The summed E-state index contributed by atoms with van der Waals surface area (Å²) < 4.78 is 0. The molecule has 2 aliphatic heterocycles. The lowest BCUT2D eigenvalue weighted by atomic mass is 9.98. The van der Waals surface area contributed by atoms with Crippen LogP contribution >= 0.6 is 0 Å². The van der Waals surface area contributed by atoms with Crippen molar-refractivity contribution in [3.63, 3.8) is 0 Å². The topological polar surface area (TPSA) is 6.48 Å². The van der Waals surface area contributed by atoms with E-state index < -0.39 is 0 Å². The van der Waals surface area contributed by atoms with Gasteiger partial charge in [0.15, 0.2) is 0 Å². The van der Waals surface area contributed by atoms with Crippen molar-refractivity contribution < 1.29 is 0 Å². The number of rotatable bonds is 3. The van der Waals surface area contributed by atoms with E-state index in [0.29, 0.717) is 0 Å². The van der Waals surface area contributed by atoms with Crippen LogP contribution in [0, 0.1) is 0 Å². The Bertz CT molecular complexity index is 191. The van der Waals surface area contributed by atoms with Gasteiger partial charge < -0.3 is 9.80 Å². The molecular formula is C14H28N2. The summed E-state index contributed by atoms with van der Waals surface area (Å²) in [5.41, 5.74) is 0. The molecule has 0 aromatic carbocycles. The molecule has 0 amide bonds. The third kappa shape index (κ3) is 2.98. The maximum atomic E-state index is 2.76.